The lowest BCUT2D eigenvalue weighted by Crippen LogP contribution is -2.31. The zero-order chi connectivity index (χ0) is 20.4. The molecule has 0 bridgehead atoms. The number of nitrogens with one attached hydrogen (secondary N) is 1. The van der Waals surface area contributed by atoms with Gasteiger partial charge in [-0.1, -0.05) is 23.2 Å². The number of hydrogen-bond acceptors (Lipinski definition) is 4. The molecule has 3 amide bonds. The first-order valence-corrected chi connectivity index (χ1v) is 9.30. The van der Waals surface area contributed by atoms with Crippen LogP contribution in [0.15, 0.2) is 30.3 Å². The minimum atomic E-state index is -0.310. The molecule has 146 valence electrons. The Labute approximate surface area is 168 Å². The minimum absolute atomic E-state index is 0.164. The Kier molecular flexibility index (Phi) is 5.70. The molecular weight excluding hydrogens is 380 g/mol. The number of benzene rings is 2. The monoisotopic (exact) mass is 400 g/mol. The summed E-state index contributed by atoms with van der Waals surface area (Å²) in [4.78, 5) is 38.4. The summed E-state index contributed by atoms with van der Waals surface area (Å²) in [7, 11) is 1.50. The van der Waals surface area contributed by atoms with Gasteiger partial charge in [-0.3, -0.25) is 19.3 Å². The lowest BCUT2D eigenvalue weighted by molar-refractivity contribution is -0.116. The predicted octanol–water partition coefficient (Wildman–Crippen LogP) is 3.98. The molecule has 1 N–H and O–H groups in total. The van der Waals surface area contributed by atoms with Crippen molar-refractivity contribution in [1.82, 2.24) is 4.90 Å². The number of ether oxygens (including phenoxy) is 1. The van der Waals surface area contributed by atoms with Gasteiger partial charge >= 0.3 is 0 Å². The van der Waals surface area contributed by atoms with Gasteiger partial charge in [0.15, 0.2) is 0 Å². The van der Waals surface area contributed by atoms with Gasteiger partial charge in [-0.25, -0.2) is 0 Å². The number of hydrogen-bond donors (Lipinski definition) is 1. The smallest absolute Gasteiger partial charge is 0.261 e. The molecule has 1 heterocycles. The first-order chi connectivity index (χ1) is 13.3. The molecule has 3 rings (SSSR count). The molecule has 0 atom stereocenters. The second-order valence-electron chi connectivity index (χ2n) is 6.76. The molecule has 0 saturated carbocycles. The molecule has 28 heavy (non-hydrogen) atoms. The molecule has 0 unspecified atom stereocenters. The zero-order valence-corrected chi connectivity index (χ0v) is 16.7. The van der Waals surface area contributed by atoms with Crippen LogP contribution in [0.5, 0.6) is 5.75 Å². The molecule has 0 aromatic heterocycles. The van der Waals surface area contributed by atoms with E-state index >= 15 is 0 Å². The standard InChI is InChI=1S/C21H21ClN2O4/c1-12-6-7-14-15(9-12)21(27)24(20(14)26)8-4-5-19(25)23-17-10-13(2)16(22)11-18(17)28-3/h6-7,9-11H,4-5,8H2,1-3H3,(H,23,25). The van der Waals surface area contributed by atoms with Crippen LogP contribution in [-0.4, -0.2) is 36.3 Å². The number of carbonyl (C=O) groups is 3. The van der Waals surface area contributed by atoms with E-state index in [-0.39, 0.29) is 30.7 Å². The maximum Gasteiger partial charge on any atom is 0.261 e. The van der Waals surface area contributed by atoms with Crippen LogP contribution in [0.3, 0.4) is 0 Å². The maximum atomic E-state index is 12.5. The van der Waals surface area contributed by atoms with Gasteiger partial charge in [0.05, 0.1) is 23.9 Å². The minimum Gasteiger partial charge on any atom is -0.495 e. The van der Waals surface area contributed by atoms with Crippen molar-refractivity contribution in [2.24, 2.45) is 0 Å². The number of nitrogens with zero attached hydrogens (tertiary/aromatic N) is 1. The second kappa shape index (κ2) is 8.02. The third kappa shape index (κ3) is 3.87. The fourth-order valence-electron chi connectivity index (χ4n) is 3.15. The van der Waals surface area contributed by atoms with Gasteiger partial charge in [0.2, 0.25) is 5.91 Å². The van der Waals surface area contributed by atoms with Crippen LogP contribution in [0.2, 0.25) is 5.02 Å². The average molecular weight is 401 g/mol. The first-order valence-electron chi connectivity index (χ1n) is 8.92. The number of aryl methyl sites for hydroxylation is 2. The van der Waals surface area contributed by atoms with E-state index in [1.807, 2.05) is 19.9 Å². The van der Waals surface area contributed by atoms with Crippen molar-refractivity contribution in [2.45, 2.75) is 26.7 Å². The van der Waals surface area contributed by atoms with Crippen LogP contribution in [0, 0.1) is 13.8 Å². The molecule has 2 aromatic carbocycles. The lowest BCUT2D eigenvalue weighted by atomic mass is 10.1. The highest BCUT2D eigenvalue weighted by Crippen LogP contribution is 2.31. The van der Waals surface area contributed by atoms with Gasteiger partial charge in [-0.15, -0.1) is 0 Å². The van der Waals surface area contributed by atoms with Crippen molar-refractivity contribution in [3.63, 3.8) is 0 Å². The Morgan fingerprint density at radius 3 is 2.54 bits per heavy atom. The normalized spacial score (nSPS) is 12.9. The molecule has 6 nitrogen and oxygen atoms in total. The van der Waals surface area contributed by atoms with Gasteiger partial charge in [0.25, 0.3) is 11.8 Å². The lowest BCUT2D eigenvalue weighted by Gasteiger charge is -2.14. The maximum absolute atomic E-state index is 12.5. The summed E-state index contributed by atoms with van der Waals surface area (Å²) in [5.74, 6) is -0.373. The van der Waals surface area contributed by atoms with E-state index in [0.717, 1.165) is 11.1 Å². The number of methoxy groups -OCH3 is 1. The number of amides is 3. The number of anilines is 1. The van der Waals surface area contributed by atoms with Crippen molar-refractivity contribution in [2.75, 3.05) is 19.0 Å². The third-order valence-corrected chi connectivity index (χ3v) is 5.07. The summed E-state index contributed by atoms with van der Waals surface area (Å²) in [6, 6.07) is 8.59. The molecule has 0 spiro atoms. The molecule has 0 aliphatic carbocycles. The Hall–Kier alpha value is -2.86. The van der Waals surface area contributed by atoms with Gasteiger partial charge in [-0.05, 0) is 44.0 Å². The van der Waals surface area contributed by atoms with Crippen molar-refractivity contribution < 1.29 is 19.1 Å². The summed E-state index contributed by atoms with van der Waals surface area (Å²) >= 11 is 6.07. The SMILES string of the molecule is COc1cc(Cl)c(C)cc1NC(=O)CCCN1C(=O)c2ccc(C)cc2C1=O. The molecule has 1 aliphatic rings. The Bertz CT molecular complexity index is 971. The summed E-state index contributed by atoms with van der Waals surface area (Å²) in [5, 5.41) is 3.34. The van der Waals surface area contributed by atoms with Crippen LogP contribution < -0.4 is 10.1 Å². The van der Waals surface area contributed by atoms with Crippen molar-refractivity contribution in [1.29, 1.82) is 0 Å². The van der Waals surface area contributed by atoms with E-state index in [1.165, 1.54) is 12.0 Å². The summed E-state index contributed by atoms with van der Waals surface area (Å²) < 4.78 is 5.24. The van der Waals surface area contributed by atoms with E-state index < -0.39 is 0 Å². The highest BCUT2D eigenvalue weighted by atomic mass is 35.5. The second-order valence-corrected chi connectivity index (χ2v) is 7.17. The van der Waals surface area contributed by atoms with Crippen molar-refractivity contribution in [3.05, 3.63) is 57.6 Å². The first kappa shape index (κ1) is 19.9. The molecule has 0 saturated heterocycles. The quantitative estimate of drug-likeness (QED) is 0.744. The van der Waals surface area contributed by atoms with Crippen LogP contribution in [-0.2, 0) is 4.79 Å². The van der Waals surface area contributed by atoms with Crippen LogP contribution in [0.25, 0.3) is 0 Å². The van der Waals surface area contributed by atoms with Gasteiger partial charge in [-0.2, -0.15) is 0 Å². The van der Waals surface area contributed by atoms with Crippen LogP contribution >= 0.6 is 11.6 Å². The molecule has 7 heteroatoms. The average Bonchev–Trinajstić information content (AvgIpc) is 2.88. The van der Waals surface area contributed by atoms with Crippen LogP contribution in [0.4, 0.5) is 5.69 Å². The van der Waals surface area contributed by atoms with Gasteiger partial charge in [0, 0.05) is 24.1 Å². The van der Waals surface area contributed by atoms with E-state index in [1.54, 1.807) is 24.3 Å². The third-order valence-electron chi connectivity index (χ3n) is 4.67. The summed E-state index contributed by atoms with van der Waals surface area (Å²) in [5.41, 5.74) is 3.12. The molecule has 0 radical (unpaired) electrons. The molecular formula is C21H21ClN2O4. The zero-order valence-electron chi connectivity index (χ0n) is 16.0. The Morgan fingerprint density at radius 1 is 1.11 bits per heavy atom. The topological polar surface area (TPSA) is 75.7 Å². The van der Waals surface area contributed by atoms with Crippen molar-refractivity contribution >= 4 is 35.0 Å². The molecule has 0 fully saturated rings. The Balaban J connectivity index is 1.59. The molecule has 1 aliphatic heterocycles. The fraction of sp³-hybridized carbons (Fsp3) is 0.286. The largest absolute Gasteiger partial charge is 0.495 e. The number of fused-ring (bicyclic) bond motifs is 1. The van der Waals surface area contributed by atoms with E-state index in [9.17, 15) is 14.4 Å². The summed E-state index contributed by atoms with van der Waals surface area (Å²) in [6.45, 7) is 3.90. The highest BCUT2D eigenvalue weighted by Gasteiger charge is 2.34. The predicted molar refractivity (Wildman–Crippen MR) is 107 cm³/mol. The van der Waals surface area contributed by atoms with E-state index in [4.69, 9.17) is 16.3 Å². The highest BCUT2D eigenvalue weighted by molar-refractivity contribution is 6.31. The number of imide groups is 1. The molecule has 2 aromatic rings. The number of halogens is 1. The van der Waals surface area contributed by atoms with E-state index in [2.05, 4.69) is 5.32 Å². The Morgan fingerprint density at radius 2 is 1.82 bits per heavy atom. The fourth-order valence-corrected chi connectivity index (χ4v) is 3.30. The number of carbonyl (C=O) groups excluding carboxylic acids is 3. The van der Waals surface area contributed by atoms with Crippen LogP contribution in [0.1, 0.15) is 44.7 Å². The van der Waals surface area contributed by atoms with Crippen molar-refractivity contribution in [3.8, 4) is 5.75 Å². The van der Waals surface area contributed by atoms with E-state index in [0.29, 0.717) is 34.0 Å². The summed E-state index contributed by atoms with van der Waals surface area (Å²) in [6.07, 6.45) is 0.530. The van der Waals surface area contributed by atoms with Gasteiger partial charge in [0.1, 0.15) is 5.75 Å². The number of rotatable bonds is 6. The van der Waals surface area contributed by atoms with Gasteiger partial charge < -0.3 is 10.1 Å².